The summed E-state index contributed by atoms with van der Waals surface area (Å²) in [6, 6.07) is 22.7. The lowest BCUT2D eigenvalue weighted by molar-refractivity contribution is -0.0578. The number of nitrogens with one attached hydrogen (secondary N) is 1. The third-order valence-corrected chi connectivity index (χ3v) is 7.68. The molecule has 8 nitrogen and oxygen atoms in total. The highest BCUT2D eigenvalue weighted by Gasteiger charge is 2.43. The highest BCUT2D eigenvalue weighted by atomic mass is 16.5. The fourth-order valence-corrected chi connectivity index (χ4v) is 5.40. The van der Waals surface area contributed by atoms with Gasteiger partial charge >= 0.3 is 6.09 Å². The van der Waals surface area contributed by atoms with Crippen molar-refractivity contribution in [3.63, 3.8) is 0 Å². The van der Waals surface area contributed by atoms with Crippen LogP contribution in [0.3, 0.4) is 0 Å². The average molecular weight is 546 g/mol. The topological polar surface area (TPSA) is 114 Å². The summed E-state index contributed by atoms with van der Waals surface area (Å²) in [5, 5.41) is 15.2. The van der Waals surface area contributed by atoms with Crippen molar-refractivity contribution in [1.82, 2.24) is 10.2 Å². The van der Waals surface area contributed by atoms with Crippen molar-refractivity contribution in [3.8, 4) is 11.5 Å². The van der Waals surface area contributed by atoms with Crippen molar-refractivity contribution in [1.29, 1.82) is 0 Å². The first-order chi connectivity index (χ1) is 19.4. The molecule has 2 amide bonds. The molecule has 1 fully saturated rings. The van der Waals surface area contributed by atoms with Gasteiger partial charge in [0, 0.05) is 43.2 Å². The number of amides is 2. The second-order valence-electron chi connectivity index (χ2n) is 10.3. The maximum Gasteiger partial charge on any atom is 0.406 e. The Balaban J connectivity index is 1.63. The zero-order valence-electron chi connectivity index (χ0n) is 23.3. The zero-order valence-corrected chi connectivity index (χ0v) is 23.3. The fraction of sp³-hybridized carbons (Fsp3) is 0.375. The Hall–Kier alpha value is -3.88. The third-order valence-electron chi connectivity index (χ3n) is 7.68. The molecule has 4 rings (SSSR count). The van der Waals surface area contributed by atoms with Gasteiger partial charge in [-0.05, 0) is 68.0 Å². The van der Waals surface area contributed by atoms with E-state index in [9.17, 15) is 14.7 Å². The average Bonchev–Trinajstić information content (AvgIpc) is 3.00. The van der Waals surface area contributed by atoms with Crippen LogP contribution in [0.1, 0.15) is 52.7 Å². The number of methoxy groups -OCH3 is 1. The van der Waals surface area contributed by atoms with E-state index in [2.05, 4.69) is 5.32 Å². The number of likely N-dealkylation sites (tertiary alicyclic amines) is 1. The van der Waals surface area contributed by atoms with E-state index in [4.69, 9.17) is 15.2 Å². The van der Waals surface area contributed by atoms with Crippen LogP contribution in [0.25, 0.3) is 0 Å². The van der Waals surface area contributed by atoms with Gasteiger partial charge in [0.25, 0.3) is 5.91 Å². The Bertz CT molecular complexity index is 1300. The van der Waals surface area contributed by atoms with Crippen LogP contribution in [-0.2, 0) is 16.9 Å². The Morgan fingerprint density at radius 2 is 1.75 bits per heavy atom. The molecule has 0 radical (unpaired) electrons. The SMILES string of the molecule is COC(=O)NCCC[C@](O)(c1ccccc1Oc1ccccc1C)C1CCCN(C(=O)c2ccc(CN)cc2)C1. The predicted molar refractivity (Wildman–Crippen MR) is 154 cm³/mol. The van der Waals surface area contributed by atoms with Gasteiger partial charge in [-0.1, -0.05) is 48.5 Å². The van der Waals surface area contributed by atoms with E-state index >= 15 is 0 Å². The van der Waals surface area contributed by atoms with Crippen LogP contribution in [0.2, 0.25) is 0 Å². The van der Waals surface area contributed by atoms with Gasteiger partial charge in [0.1, 0.15) is 11.5 Å². The molecule has 2 atom stereocenters. The Labute approximate surface area is 236 Å². The lowest BCUT2D eigenvalue weighted by atomic mass is 9.74. The summed E-state index contributed by atoms with van der Waals surface area (Å²) in [7, 11) is 1.32. The van der Waals surface area contributed by atoms with Gasteiger partial charge in [-0.15, -0.1) is 0 Å². The zero-order chi connectivity index (χ0) is 28.5. The van der Waals surface area contributed by atoms with Gasteiger partial charge in [0.2, 0.25) is 0 Å². The molecule has 212 valence electrons. The summed E-state index contributed by atoms with van der Waals surface area (Å²) in [6.07, 6.45) is 1.87. The fourth-order valence-electron chi connectivity index (χ4n) is 5.40. The molecule has 0 aromatic heterocycles. The van der Waals surface area contributed by atoms with Crippen LogP contribution in [-0.4, -0.2) is 48.8 Å². The lowest BCUT2D eigenvalue weighted by Gasteiger charge is -2.43. The molecular weight excluding hydrogens is 506 g/mol. The number of carbonyl (C=O) groups is 2. The standard InChI is InChI=1S/C32H39N3O5/c1-23-9-3-5-12-28(23)40-29-13-6-4-11-27(29)32(38,18-8-19-34-31(37)39-2)26-10-7-20-35(22-26)30(36)25-16-14-24(21-33)15-17-25/h3-6,9,11-17,26,38H,7-8,10,18-22,33H2,1-2H3,(H,34,37)/t26?,32-/m1/s1. The van der Waals surface area contributed by atoms with E-state index < -0.39 is 11.7 Å². The number of alkyl carbamates (subject to hydrolysis) is 1. The smallest absolute Gasteiger partial charge is 0.406 e. The highest BCUT2D eigenvalue weighted by molar-refractivity contribution is 5.94. The number of rotatable bonds is 10. The molecule has 0 saturated carbocycles. The highest BCUT2D eigenvalue weighted by Crippen LogP contribution is 2.44. The van der Waals surface area contributed by atoms with Crippen molar-refractivity contribution in [2.45, 2.75) is 44.8 Å². The summed E-state index contributed by atoms with van der Waals surface area (Å²) in [6.45, 7) is 3.76. The van der Waals surface area contributed by atoms with Crippen LogP contribution in [0, 0.1) is 12.8 Å². The number of hydrogen-bond acceptors (Lipinski definition) is 6. The molecule has 1 unspecified atom stereocenters. The number of aliphatic hydroxyl groups is 1. The van der Waals surface area contributed by atoms with Crippen molar-refractivity contribution < 1.29 is 24.2 Å². The largest absolute Gasteiger partial charge is 0.457 e. The number of hydrogen-bond donors (Lipinski definition) is 3. The molecule has 4 N–H and O–H groups in total. The van der Waals surface area contributed by atoms with E-state index in [0.29, 0.717) is 61.6 Å². The second kappa shape index (κ2) is 13.5. The first-order valence-corrected chi connectivity index (χ1v) is 13.8. The molecule has 8 heteroatoms. The van der Waals surface area contributed by atoms with E-state index in [1.165, 1.54) is 7.11 Å². The molecule has 40 heavy (non-hydrogen) atoms. The van der Waals surface area contributed by atoms with Gasteiger partial charge < -0.3 is 30.5 Å². The van der Waals surface area contributed by atoms with Crippen LogP contribution in [0.4, 0.5) is 4.79 Å². The van der Waals surface area contributed by atoms with Crippen molar-refractivity contribution in [2.75, 3.05) is 26.7 Å². The van der Waals surface area contributed by atoms with Crippen LogP contribution < -0.4 is 15.8 Å². The molecule has 0 aliphatic carbocycles. The first-order valence-electron chi connectivity index (χ1n) is 13.8. The Morgan fingerprint density at radius 1 is 1.05 bits per heavy atom. The van der Waals surface area contributed by atoms with Gasteiger partial charge in [0.05, 0.1) is 12.7 Å². The quantitative estimate of drug-likeness (QED) is 0.305. The molecule has 0 spiro atoms. The number of para-hydroxylation sites is 2. The van der Waals surface area contributed by atoms with Crippen molar-refractivity contribution in [3.05, 3.63) is 95.1 Å². The van der Waals surface area contributed by atoms with Gasteiger partial charge in [0.15, 0.2) is 0 Å². The monoisotopic (exact) mass is 545 g/mol. The van der Waals surface area contributed by atoms with Crippen LogP contribution >= 0.6 is 0 Å². The minimum absolute atomic E-state index is 0.0626. The number of ether oxygens (including phenoxy) is 2. The molecule has 1 aliphatic rings. The van der Waals surface area contributed by atoms with E-state index in [0.717, 1.165) is 24.0 Å². The summed E-state index contributed by atoms with van der Waals surface area (Å²) >= 11 is 0. The number of aryl methyl sites for hydroxylation is 1. The van der Waals surface area contributed by atoms with E-state index in [-0.39, 0.29) is 11.8 Å². The molecule has 1 saturated heterocycles. The Morgan fingerprint density at radius 3 is 2.45 bits per heavy atom. The maximum atomic E-state index is 13.4. The van der Waals surface area contributed by atoms with E-state index in [1.807, 2.05) is 84.6 Å². The number of benzene rings is 3. The van der Waals surface area contributed by atoms with Crippen LogP contribution in [0.15, 0.2) is 72.8 Å². The maximum absolute atomic E-state index is 13.4. The number of carbonyl (C=O) groups excluding carboxylic acids is 2. The number of piperidine rings is 1. The minimum Gasteiger partial charge on any atom is -0.457 e. The Kier molecular flexibility index (Phi) is 9.79. The van der Waals surface area contributed by atoms with Gasteiger partial charge in [-0.3, -0.25) is 4.79 Å². The predicted octanol–water partition coefficient (Wildman–Crippen LogP) is 5.12. The first kappa shape index (κ1) is 29.1. The van der Waals surface area contributed by atoms with Crippen molar-refractivity contribution >= 4 is 12.0 Å². The summed E-state index contributed by atoms with van der Waals surface area (Å²) in [5.41, 5.74) is 7.64. The van der Waals surface area contributed by atoms with Gasteiger partial charge in [-0.25, -0.2) is 4.79 Å². The normalized spacial score (nSPS) is 16.6. The lowest BCUT2D eigenvalue weighted by Crippen LogP contribution is -2.48. The molecule has 3 aromatic carbocycles. The number of nitrogens with two attached hydrogens (primary N) is 1. The number of nitrogens with zero attached hydrogens (tertiary/aromatic N) is 1. The summed E-state index contributed by atoms with van der Waals surface area (Å²) in [5.74, 6) is 0.979. The molecule has 1 heterocycles. The molecule has 1 aliphatic heterocycles. The van der Waals surface area contributed by atoms with Crippen molar-refractivity contribution in [2.24, 2.45) is 11.7 Å². The minimum atomic E-state index is -1.31. The second-order valence-corrected chi connectivity index (χ2v) is 10.3. The summed E-state index contributed by atoms with van der Waals surface area (Å²) in [4.78, 5) is 26.9. The summed E-state index contributed by atoms with van der Waals surface area (Å²) < 4.78 is 11.1. The molecular formula is C32H39N3O5. The van der Waals surface area contributed by atoms with Crippen LogP contribution in [0.5, 0.6) is 11.5 Å². The van der Waals surface area contributed by atoms with Gasteiger partial charge in [-0.2, -0.15) is 0 Å². The van der Waals surface area contributed by atoms with E-state index in [1.54, 1.807) is 0 Å². The molecule has 3 aromatic rings. The molecule has 0 bridgehead atoms. The third kappa shape index (κ3) is 6.81.